The number of carbonyl (C=O) groups is 1. The maximum atomic E-state index is 12.5. The van der Waals surface area contributed by atoms with Gasteiger partial charge < -0.3 is 10.6 Å². The Kier molecular flexibility index (Phi) is 4.23. The van der Waals surface area contributed by atoms with Crippen molar-refractivity contribution in [2.24, 2.45) is 5.41 Å². The lowest BCUT2D eigenvalue weighted by atomic mass is 9.75. The number of pyridine rings is 1. The molecule has 0 radical (unpaired) electrons. The molecule has 1 aliphatic carbocycles. The molecule has 0 unspecified atom stereocenters. The predicted octanol–water partition coefficient (Wildman–Crippen LogP) is 3.36. The Morgan fingerprint density at radius 1 is 1.40 bits per heavy atom. The maximum Gasteiger partial charge on any atom is 0.274 e. The summed E-state index contributed by atoms with van der Waals surface area (Å²) in [6, 6.07) is 3.48. The van der Waals surface area contributed by atoms with Crippen LogP contribution >= 0.6 is 11.6 Å². The summed E-state index contributed by atoms with van der Waals surface area (Å²) in [6.45, 7) is 4.56. The predicted molar refractivity (Wildman–Crippen MR) is 81.8 cm³/mol. The van der Waals surface area contributed by atoms with E-state index in [1.165, 1.54) is 0 Å². The third-order valence-electron chi connectivity index (χ3n) is 4.25. The van der Waals surface area contributed by atoms with E-state index in [1.54, 1.807) is 17.0 Å². The molecule has 2 rings (SSSR count). The van der Waals surface area contributed by atoms with Crippen molar-refractivity contribution in [3.8, 4) is 0 Å². The quantitative estimate of drug-likeness (QED) is 0.910. The van der Waals surface area contributed by atoms with Gasteiger partial charge in [0, 0.05) is 13.1 Å². The van der Waals surface area contributed by atoms with E-state index in [1.807, 2.05) is 7.05 Å². The van der Waals surface area contributed by atoms with Crippen LogP contribution in [0.4, 0.5) is 5.82 Å². The molecular weight excluding hydrogens is 274 g/mol. The van der Waals surface area contributed by atoms with Crippen molar-refractivity contribution in [1.29, 1.82) is 0 Å². The summed E-state index contributed by atoms with van der Waals surface area (Å²) in [7, 11) is 1.83. The highest BCUT2D eigenvalue weighted by molar-refractivity contribution is 6.33. The van der Waals surface area contributed by atoms with Crippen LogP contribution in [-0.4, -0.2) is 28.9 Å². The molecule has 1 saturated carbocycles. The molecule has 0 saturated heterocycles. The average molecular weight is 296 g/mol. The van der Waals surface area contributed by atoms with Crippen LogP contribution in [0.2, 0.25) is 5.02 Å². The van der Waals surface area contributed by atoms with Crippen molar-refractivity contribution < 1.29 is 4.79 Å². The van der Waals surface area contributed by atoms with Crippen LogP contribution in [0.15, 0.2) is 12.1 Å². The number of aromatic nitrogens is 1. The molecule has 4 nitrogen and oxygen atoms in total. The zero-order valence-electron chi connectivity index (χ0n) is 12.3. The molecule has 0 bridgehead atoms. The van der Waals surface area contributed by atoms with Crippen LogP contribution in [0, 0.1) is 5.41 Å². The van der Waals surface area contributed by atoms with Crippen molar-refractivity contribution in [3.05, 3.63) is 22.8 Å². The van der Waals surface area contributed by atoms with Crippen molar-refractivity contribution in [2.45, 2.75) is 45.6 Å². The van der Waals surface area contributed by atoms with Gasteiger partial charge in [0.1, 0.15) is 11.5 Å². The Morgan fingerprint density at radius 3 is 2.60 bits per heavy atom. The lowest BCUT2D eigenvalue weighted by Gasteiger charge is -2.38. The highest BCUT2D eigenvalue weighted by Crippen LogP contribution is 2.37. The first-order valence-corrected chi connectivity index (χ1v) is 7.37. The van der Waals surface area contributed by atoms with Gasteiger partial charge in [0.05, 0.1) is 5.02 Å². The Hall–Kier alpha value is -1.29. The maximum absolute atomic E-state index is 12.5. The number of anilines is 1. The molecule has 2 N–H and O–H groups in total. The summed E-state index contributed by atoms with van der Waals surface area (Å²) >= 11 is 6.05. The van der Waals surface area contributed by atoms with Crippen LogP contribution in [0.3, 0.4) is 0 Å². The normalized spacial score (nSPS) is 18.8. The van der Waals surface area contributed by atoms with E-state index in [9.17, 15) is 4.79 Å². The molecule has 0 spiro atoms. The first-order chi connectivity index (χ1) is 9.30. The first-order valence-electron chi connectivity index (χ1n) is 6.99. The Labute approximate surface area is 125 Å². The molecule has 0 aliphatic heterocycles. The van der Waals surface area contributed by atoms with Gasteiger partial charge in [-0.15, -0.1) is 0 Å². The zero-order chi connectivity index (χ0) is 14.9. The van der Waals surface area contributed by atoms with E-state index in [-0.39, 0.29) is 17.6 Å². The van der Waals surface area contributed by atoms with Crippen LogP contribution in [0.25, 0.3) is 0 Å². The molecule has 110 valence electrons. The summed E-state index contributed by atoms with van der Waals surface area (Å²) in [5, 5.41) is 0.354. The minimum atomic E-state index is -0.146. The molecule has 20 heavy (non-hydrogen) atoms. The number of nitrogens with zero attached hydrogens (tertiary/aromatic N) is 2. The van der Waals surface area contributed by atoms with Gasteiger partial charge in [-0.1, -0.05) is 25.4 Å². The van der Waals surface area contributed by atoms with Crippen molar-refractivity contribution >= 4 is 23.3 Å². The number of hydrogen-bond acceptors (Lipinski definition) is 3. The standard InChI is InChI=1S/C15H22ClN3O/c1-15(2)8-6-10(7-9-15)19(3)14(20)13-11(16)4-5-12(17)18-13/h4-5,10H,6-9H2,1-3H3,(H2,17,18). The molecule has 5 heteroatoms. The van der Waals surface area contributed by atoms with Gasteiger partial charge >= 0.3 is 0 Å². The summed E-state index contributed by atoms with van der Waals surface area (Å²) < 4.78 is 0. The van der Waals surface area contributed by atoms with Gasteiger partial charge in [0.15, 0.2) is 0 Å². The number of halogens is 1. The van der Waals surface area contributed by atoms with Gasteiger partial charge in [-0.25, -0.2) is 4.98 Å². The van der Waals surface area contributed by atoms with Crippen LogP contribution in [-0.2, 0) is 0 Å². The van der Waals surface area contributed by atoms with Crippen LogP contribution in [0.1, 0.15) is 50.0 Å². The molecule has 1 fully saturated rings. The lowest BCUT2D eigenvalue weighted by molar-refractivity contribution is 0.0630. The summed E-state index contributed by atoms with van der Waals surface area (Å²) in [6.07, 6.45) is 4.31. The number of amides is 1. The Morgan fingerprint density at radius 2 is 2.00 bits per heavy atom. The fraction of sp³-hybridized carbons (Fsp3) is 0.600. The largest absolute Gasteiger partial charge is 0.384 e. The first kappa shape index (κ1) is 15.1. The third kappa shape index (κ3) is 3.23. The van der Waals surface area contributed by atoms with E-state index in [4.69, 9.17) is 17.3 Å². The van der Waals surface area contributed by atoms with Gasteiger partial charge in [0.25, 0.3) is 5.91 Å². The molecule has 0 aromatic carbocycles. The molecular formula is C15H22ClN3O. The second kappa shape index (κ2) is 5.60. The zero-order valence-corrected chi connectivity index (χ0v) is 13.1. The van der Waals surface area contributed by atoms with Crippen LogP contribution in [0.5, 0.6) is 0 Å². The smallest absolute Gasteiger partial charge is 0.274 e. The molecule has 1 amide bonds. The molecule has 1 aromatic rings. The highest BCUT2D eigenvalue weighted by Gasteiger charge is 2.31. The van der Waals surface area contributed by atoms with Crippen molar-refractivity contribution in [2.75, 3.05) is 12.8 Å². The number of hydrogen-bond donors (Lipinski definition) is 1. The van der Waals surface area contributed by atoms with E-state index in [0.29, 0.717) is 16.3 Å². The number of carbonyl (C=O) groups excluding carboxylic acids is 1. The summed E-state index contributed by atoms with van der Waals surface area (Å²) in [5.74, 6) is 0.169. The number of nitrogen functional groups attached to an aromatic ring is 1. The Bertz CT molecular complexity index is 506. The number of nitrogens with two attached hydrogens (primary N) is 1. The van der Waals surface area contributed by atoms with Gasteiger partial charge in [0.2, 0.25) is 0 Å². The molecule has 1 aliphatic rings. The Balaban J connectivity index is 2.11. The SMILES string of the molecule is CN(C(=O)c1nc(N)ccc1Cl)C1CCC(C)(C)CC1. The van der Waals surface area contributed by atoms with Gasteiger partial charge in [-0.3, -0.25) is 4.79 Å². The van der Waals surface area contributed by atoms with E-state index < -0.39 is 0 Å². The second-order valence-electron chi connectivity index (χ2n) is 6.38. The van der Waals surface area contributed by atoms with E-state index >= 15 is 0 Å². The highest BCUT2D eigenvalue weighted by atomic mass is 35.5. The third-order valence-corrected chi connectivity index (χ3v) is 4.55. The van der Waals surface area contributed by atoms with Gasteiger partial charge in [-0.05, 0) is 43.2 Å². The fourth-order valence-corrected chi connectivity index (χ4v) is 2.90. The second-order valence-corrected chi connectivity index (χ2v) is 6.79. The average Bonchev–Trinajstić information content (AvgIpc) is 2.40. The monoisotopic (exact) mass is 295 g/mol. The number of rotatable bonds is 2. The van der Waals surface area contributed by atoms with E-state index in [0.717, 1.165) is 25.7 Å². The summed E-state index contributed by atoms with van der Waals surface area (Å²) in [4.78, 5) is 18.3. The molecule has 1 aromatic heterocycles. The lowest BCUT2D eigenvalue weighted by Crippen LogP contribution is -2.41. The summed E-state index contributed by atoms with van der Waals surface area (Å²) in [5.41, 5.74) is 6.27. The van der Waals surface area contributed by atoms with Crippen LogP contribution < -0.4 is 5.73 Å². The minimum Gasteiger partial charge on any atom is -0.384 e. The minimum absolute atomic E-state index is 0.146. The molecule has 1 heterocycles. The fourth-order valence-electron chi connectivity index (χ4n) is 2.71. The van der Waals surface area contributed by atoms with Crippen molar-refractivity contribution in [3.63, 3.8) is 0 Å². The molecule has 0 atom stereocenters. The van der Waals surface area contributed by atoms with E-state index in [2.05, 4.69) is 18.8 Å². The topological polar surface area (TPSA) is 59.2 Å². The van der Waals surface area contributed by atoms with Crippen molar-refractivity contribution in [1.82, 2.24) is 9.88 Å². The van der Waals surface area contributed by atoms with Gasteiger partial charge in [-0.2, -0.15) is 0 Å².